The number of benzene rings is 2. The molecule has 0 radical (unpaired) electrons. The Bertz CT molecular complexity index is 1220. The van der Waals surface area contributed by atoms with Crippen LogP contribution in [0.4, 0.5) is 13.2 Å². The third-order valence-corrected chi connectivity index (χ3v) is 8.74. The van der Waals surface area contributed by atoms with Gasteiger partial charge in [-0.05, 0) is 43.3 Å². The number of hydrogen-bond acceptors (Lipinski definition) is 6. The van der Waals surface area contributed by atoms with E-state index >= 15 is 0 Å². The molecular weight excluding hydrogens is 521 g/mol. The lowest BCUT2D eigenvalue weighted by molar-refractivity contribution is -0.140. The van der Waals surface area contributed by atoms with Crippen molar-refractivity contribution in [3.63, 3.8) is 0 Å². The van der Waals surface area contributed by atoms with E-state index in [1.54, 1.807) is 0 Å². The van der Waals surface area contributed by atoms with Crippen LogP contribution in [-0.2, 0) is 27.5 Å². The number of piperazine rings is 1. The van der Waals surface area contributed by atoms with Crippen molar-refractivity contribution in [2.75, 3.05) is 52.9 Å². The van der Waals surface area contributed by atoms with Gasteiger partial charge >= 0.3 is 6.18 Å². The number of sulfonamides is 1. The number of halogens is 3. The molecule has 0 aromatic heterocycles. The summed E-state index contributed by atoms with van der Waals surface area (Å²) < 4.78 is 73.0. The minimum Gasteiger partial charge on any atom is -0.492 e. The van der Waals surface area contributed by atoms with Crippen LogP contribution in [0.1, 0.15) is 24.0 Å². The van der Waals surface area contributed by atoms with Crippen LogP contribution in [0.5, 0.6) is 5.75 Å². The van der Waals surface area contributed by atoms with Crippen molar-refractivity contribution >= 4 is 15.9 Å². The van der Waals surface area contributed by atoms with Gasteiger partial charge in [0.25, 0.3) is 0 Å². The van der Waals surface area contributed by atoms with Crippen molar-refractivity contribution in [3.05, 3.63) is 59.7 Å². The smallest absolute Gasteiger partial charge is 0.417 e. The van der Waals surface area contributed by atoms with E-state index < -0.39 is 26.7 Å². The molecule has 38 heavy (non-hydrogen) atoms. The van der Waals surface area contributed by atoms with E-state index in [2.05, 4.69) is 10.2 Å². The number of carbonyl (C=O) groups is 1. The molecule has 2 heterocycles. The highest BCUT2D eigenvalue weighted by atomic mass is 32.2. The van der Waals surface area contributed by atoms with E-state index in [0.717, 1.165) is 47.3 Å². The Morgan fingerprint density at radius 2 is 1.82 bits per heavy atom. The average Bonchev–Trinajstić information content (AvgIpc) is 3.28. The van der Waals surface area contributed by atoms with E-state index in [1.807, 2.05) is 36.2 Å². The van der Waals surface area contributed by atoms with E-state index in [0.29, 0.717) is 32.7 Å². The maximum Gasteiger partial charge on any atom is 0.417 e. The Balaban J connectivity index is 1.23. The van der Waals surface area contributed by atoms with E-state index in [1.165, 1.54) is 12.1 Å². The fourth-order valence-corrected chi connectivity index (χ4v) is 6.49. The zero-order valence-electron chi connectivity index (χ0n) is 21.3. The van der Waals surface area contributed by atoms with Gasteiger partial charge in [-0.2, -0.15) is 17.5 Å². The second-order valence-corrected chi connectivity index (χ2v) is 11.6. The average molecular weight is 555 g/mol. The quantitative estimate of drug-likeness (QED) is 0.487. The first-order valence-corrected chi connectivity index (χ1v) is 14.0. The molecule has 2 fully saturated rings. The lowest BCUT2D eigenvalue weighted by Gasteiger charge is -2.34. The summed E-state index contributed by atoms with van der Waals surface area (Å²) in [5.74, 6) is 0.837. The van der Waals surface area contributed by atoms with Gasteiger partial charge in [-0.25, -0.2) is 8.42 Å². The molecule has 4 rings (SSSR count). The molecule has 1 amide bonds. The van der Waals surface area contributed by atoms with E-state index in [4.69, 9.17) is 4.74 Å². The first kappa shape index (κ1) is 28.3. The van der Waals surface area contributed by atoms with Crippen molar-refractivity contribution in [3.8, 4) is 5.75 Å². The molecule has 2 aliphatic heterocycles. The highest BCUT2D eigenvalue weighted by molar-refractivity contribution is 7.89. The molecule has 208 valence electrons. The predicted molar refractivity (Wildman–Crippen MR) is 136 cm³/mol. The molecular formula is C26H33F3N4O4S. The number of rotatable bonds is 10. The molecule has 1 unspecified atom stereocenters. The second kappa shape index (κ2) is 12.0. The van der Waals surface area contributed by atoms with E-state index in [9.17, 15) is 26.4 Å². The van der Waals surface area contributed by atoms with Crippen molar-refractivity contribution in [1.29, 1.82) is 0 Å². The number of nitrogens with one attached hydrogen (secondary N) is 1. The minimum absolute atomic E-state index is 0.105. The molecule has 1 N–H and O–H groups in total. The van der Waals surface area contributed by atoms with Crippen LogP contribution in [0.15, 0.2) is 53.4 Å². The summed E-state index contributed by atoms with van der Waals surface area (Å²) >= 11 is 0. The van der Waals surface area contributed by atoms with Gasteiger partial charge in [0, 0.05) is 58.3 Å². The Hall–Kier alpha value is -2.67. The Kier molecular flexibility index (Phi) is 8.96. The monoisotopic (exact) mass is 554 g/mol. The number of likely N-dealkylation sites (N-methyl/N-ethyl adjacent to an activating group) is 1. The highest BCUT2D eigenvalue weighted by Crippen LogP contribution is 2.35. The van der Waals surface area contributed by atoms with Gasteiger partial charge < -0.3 is 15.0 Å². The summed E-state index contributed by atoms with van der Waals surface area (Å²) in [6.07, 6.45) is -3.31. The third kappa shape index (κ3) is 7.25. The molecule has 8 nitrogen and oxygen atoms in total. The lowest BCUT2D eigenvalue weighted by Crippen LogP contribution is -2.49. The molecule has 0 bridgehead atoms. The third-order valence-electron chi connectivity index (χ3n) is 6.79. The van der Waals surface area contributed by atoms with Crippen LogP contribution >= 0.6 is 0 Å². The molecule has 0 aliphatic carbocycles. The predicted octanol–water partition coefficient (Wildman–Crippen LogP) is 2.80. The summed E-state index contributed by atoms with van der Waals surface area (Å²) in [4.78, 5) is 14.9. The van der Waals surface area contributed by atoms with Gasteiger partial charge in [0.1, 0.15) is 12.4 Å². The lowest BCUT2D eigenvalue weighted by atomic mass is 10.1. The standard InChI is InChI=1S/C26H33F3N4O4S/c1-31(19-21-9-10-25(34)30-21)18-20-5-4-6-22(17-20)37-16-15-32-11-13-33(14-12-32)38(35,36)24-8-3-2-7-23(24)26(27,28)29/h2-8,17,21H,9-16,18-19H2,1H3,(H,30,34). The van der Waals surface area contributed by atoms with Gasteiger partial charge in [-0.3, -0.25) is 9.69 Å². The molecule has 2 aromatic carbocycles. The first-order valence-electron chi connectivity index (χ1n) is 12.6. The summed E-state index contributed by atoms with van der Waals surface area (Å²) in [5, 5.41) is 2.98. The van der Waals surface area contributed by atoms with Crippen LogP contribution in [0.2, 0.25) is 0 Å². The molecule has 1 atom stereocenters. The van der Waals surface area contributed by atoms with E-state index in [-0.39, 0.29) is 25.0 Å². The largest absolute Gasteiger partial charge is 0.492 e. The molecule has 12 heteroatoms. The summed E-state index contributed by atoms with van der Waals surface area (Å²) in [5.41, 5.74) is -0.0539. The van der Waals surface area contributed by atoms with Crippen molar-refractivity contribution in [1.82, 2.24) is 19.4 Å². The fraction of sp³-hybridized carbons (Fsp3) is 0.500. The van der Waals surface area contributed by atoms with Gasteiger partial charge in [0.15, 0.2) is 0 Å². The van der Waals surface area contributed by atoms with Crippen LogP contribution in [0, 0.1) is 0 Å². The highest BCUT2D eigenvalue weighted by Gasteiger charge is 2.39. The van der Waals surface area contributed by atoms with Gasteiger partial charge in [-0.15, -0.1) is 0 Å². The minimum atomic E-state index is -4.75. The van der Waals surface area contributed by atoms with Gasteiger partial charge in [0.2, 0.25) is 15.9 Å². The number of hydrogen-bond donors (Lipinski definition) is 1. The number of nitrogens with zero attached hydrogens (tertiary/aromatic N) is 3. The summed E-state index contributed by atoms with van der Waals surface area (Å²) in [6.45, 7) is 3.49. The van der Waals surface area contributed by atoms with Crippen molar-refractivity contribution in [2.24, 2.45) is 0 Å². The number of alkyl halides is 3. The molecule has 2 aliphatic rings. The first-order chi connectivity index (χ1) is 18.0. The zero-order valence-corrected chi connectivity index (χ0v) is 22.1. The summed E-state index contributed by atoms with van der Waals surface area (Å²) in [6, 6.07) is 12.3. The molecule has 2 saturated heterocycles. The topological polar surface area (TPSA) is 82.2 Å². The fourth-order valence-electron chi connectivity index (χ4n) is 4.85. The van der Waals surface area contributed by atoms with Crippen LogP contribution in [-0.4, -0.2) is 87.4 Å². The van der Waals surface area contributed by atoms with Crippen molar-refractivity contribution < 1.29 is 31.1 Å². The SMILES string of the molecule is CN(Cc1cccc(OCCN2CCN(S(=O)(=O)c3ccccc3C(F)(F)F)CC2)c1)CC1CCC(=O)N1. The van der Waals surface area contributed by atoms with Crippen LogP contribution < -0.4 is 10.1 Å². The molecule has 0 saturated carbocycles. The molecule has 2 aromatic rings. The van der Waals surface area contributed by atoms with Gasteiger partial charge in [0.05, 0.1) is 10.5 Å². The summed E-state index contributed by atoms with van der Waals surface area (Å²) in [7, 11) is -2.24. The normalized spacial score (nSPS) is 19.6. The van der Waals surface area contributed by atoms with Crippen molar-refractivity contribution in [2.45, 2.75) is 36.5 Å². The maximum atomic E-state index is 13.3. The number of ether oxygens (including phenoxy) is 1. The molecule has 0 spiro atoms. The number of carbonyl (C=O) groups excluding carboxylic acids is 1. The zero-order chi connectivity index (χ0) is 27.3. The maximum absolute atomic E-state index is 13.3. The Morgan fingerprint density at radius 1 is 1.08 bits per heavy atom. The van der Waals surface area contributed by atoms with Crippen LogP contribution in [0.3, 0.4) is 0 Å². The second-order valence-electron chi connectivity index (χ2n) is 9.74. The Morgan fingerprint density at radius 3 is 2.50 bits per heavy atom. The number of amides is 1. The Labute approximate surface area is 221 Å². The van der Waals surface area contributed by atoms with Gasteiger partial charge in [-0.1, -0.05) is 24.3 Å². The van der Waals surface area contributed by atoms with Crippen LogP contribution in [0.25, 0.3) is 0 Å².